The number of fused-ring (bicyclic) bond motifs is 1. The van der Waals surface area contributed by atoms with Crippen LogP contribution in [0.15, 0.2) is 10.5 Å². The van der Waals surface area contributed by atoms with Crippen LogP contribution in [0.3, 0.4) is 0 Å². The van der Waals surface area contributed by atoms with Crippen LogP contribution in [0.25, 0.3) is 0 Å². The van der Waals surface area contributed by atoms with Gasteiger partial charge in [-0.3, -0.25) is 0 Å². The Morgan fingerprint density at radius 3 is 2.83 bits per heavy atom. The quantitative estimate of drug-likeness (QED) is 0.867. The molecule has 1 aromatic carbocycles. The van der Waals surface area contributed by atoms with E-state index < -0.39 is 0 Å². The van der Waals surface area contributed by atoms with Crippen LogP contribution >= 0.6 is 15.9 Å². The molecule has 0 aliphatic carbocycles. The number of ether oxygens (including phenoxy) is 2. The maximum absolute atomic E-state index is 5.83. The molecule has 0 fully saturated rings. The molecule has 2 rings (SSSR count). The molecule has 0 aromatic heterocycles. The maximum Gasteiger partial charge on any atom is 0.164 e. The highest BCUT2D eigenvalue weighted by atomic mass is 79.9. The lowest BCUT2D eigenvalue weighted by molar-refractivity contribution is 0.0863. The number of benzene rings is 1. The Morgan fingerprint density at radius 1 is 1.33 bits per heavy atom. The van der Waals surface area contributed by atoms with E-state index in [1.54, 1.807) is 7.11 Å². The fourth-order valence-corrected chi connectivity index (χ4v) is 2.68. The molecule has 18 heavy (non-hydrogen) atoms. The molecule has 1 aliphatic heterocycles. The van der Waals surface area contributed by atoms with E-state index in [2.05, 4.69) is 28.3 Å². The summed E-state index contributed by atoms with van der Waals surface area (Å²) >= 11 is 3.59. The SMILES string of the molecule is CCc1c(CNOC)c(Br)cc2c1OCCCO2. The monoisotopic (exact) mass is 315 g/mol. The van der Waals surface area contributed by atoms with Gasteiger partial charge >= 0.3 is 0 Å². The highest BCUT2D eigenvalue weighted by molar-refractivity contribution is 9.10. The van der Waals surface area contributed by atoms with E-state index in [0.717, 1.165) is 34.4 Å². The van der Waals surface area contributed by atoms with Crippen molar-refractivity contribution in [2.24, 2.45) is 0 Å². The Hall–Kier alpha value is -0.780. The van der Waals surface area contributed by atoms with Crippen LogP contribution in [-0.4, -0.2) is 20.3 Å². The van der Waals surface area contributed by atoms with Crippen molar-refractivity contribution in [3.8, 4) is 11.5 Å². The molecule has 4 nitrogen and oxygen atoms in total. The second-order valence-corrected chi connectivity index (χ2v) is 4.93. The molecule has 5 heteroatoms. The molecular formula is C13H18BrNO3. The lowest BCUT2D eigenvalue weighted by atomic mass is 10.0. The fraction of sp³-hybridized carbons (Fsp3) is 0.538. The van der Waals surface area contributed by atoms with Gasteiger partial charge in [0.15, 0.2) is 11.5 Å². The van der Waals surface area contributed by atoms with E-state index in [1.165, 1.54) is 5.56 Å². The predicted octanol–water partition coefficient (Wildman–Crippen LogP) is 2.82. The van der Waals surface area contributed by atoms with E-state index in [-0.39, 0.29) is 0 Å². The zero-order valence-electron chi connectivity index (χ0n) is 10.7. The number of nitrogens with one attached hydrogen (secondary N) is 1. The van der Waals surface area contributed by atoms with Crippen molar-refractivity contribution in [3.63, 3.8) is 0 Å². The van der Waals surface area contributed by atoms with Gasteiger partial charge in [0, 0.05) is 23.0 Å². The minimum absolute atomic E-state index is 0.636. The molecule has 1 aliphatic rings. The molecule has 0 unspecified atom stereocenters. The van der Waals surface area contributed by atoms with E-state index in [9.17, 15) is 0 Å². The number of rotatable bonds is 4. The predicted molar refractivity (Wildman–Crippen MR) is 73.0 cm³/mol. The lowest BCUT2D eigenvalue weighted by Crippen LogP contribution is -2.14. The zero-order chi connectivity index (χ0) is 13.0. The van der Waals surface area contributed by atoms with Gasteiger partial charge in [-0.25, -0.2) is 0 Å². The van der Waals surface area contributed by atoms with E-state index in [0.29, 0.717) is 19.8 Å². The normalized spacial score (nSPS) is 14.4. The van der Waals surface area contributed by atoms with Crippen LogP contribution in [0.4, 0.5) is 0 Å². The van der Waals surface area contributed by atoms with E-state index in [4.69, 9.17) is 14.3 Å². The molecule has 0 spiro atoms. The van der Waals surface area contributed by atoms with Gasteiger partial charge in [0.1, 0.15) is 0 Å². The number of halogens is 1. The summed E-state index contributed by atoms with van der Waals surface area (Å²) in [5.41, 5.74) is 5.20. The fourth-order valence-electron chi connectivity index (χ4n) is 2.09. The van der Waals surface area contributed by atoms with Crippen LogP contribution in [0, 0.1) is 0 Å². The minimum atomic E-state index is 0.636. The summed E-state index contributed by atoms with van der Waals surface area (Å²) in [6, 6.07) is 1.98. The first-order chi connectivity index (χ1) is 8.77. The van der Waals surface area contributed by atoms with Crippen LogP contribution in [-0.2, 0) is 17.8 Å². The van der Waals surface area contributed by atoms with Crippen molar-refractivity contribution in [2.45, 2.75) is 26.3 Å². The topological polar surface area (TPSA) is 39.7 Å². The average Bonchev–Trinajstić information content (AvgIpc) is 2.60. The number of hydrogen-bond acceptors (Lipinski definition) is 4. The number of hydrogen-bond donors (Lipinski definition) is 1. The van der Waals surface area contributed by atoms with Gasteiger partial charge in [-0.15, -0.1) is 0 Å². The molecular weight excluding hydrogens is 298 g/mol. The molecule has 0 saturated heterocycles. The molecule has 100 valence electrons. The second kappa shape index (κ2) is 6.41. The molecule has 0 bridgehead atoms. The zero-order valence-corrected chi connectivity index (χ0v) is 12.3. The Kier molecular flexibility index (Phi) is 4.86. The summed E-state index contributed by atoms with van der Waals surface area (Å²) in [4.78, 5) is 4.93. The van der Waals surface area contributed by atoms with Crippen LogP contribution < -0.4 is 15.0 Å². The Morgan fingerprint density at radius 2 is 2.11 bits per heavy atom. The van der Waals surface area contributed by atoms with Crippen molar-refractivity contribution in [3.05, 3.63) is 21.7 Å². The van der Waals surface area contributed by atoms with Gasteiger partial charge in [-0.05, 0) is 18.1 Å². The van der Waals surface area contributed by atoms with Gasteiger partial charge in [0.2, 0.25) is 0 Å². The minimum Gasteiger partial charge on any atom is -0.490 e. The highest BCUT2D eigenvalue weighted by Gasteiger charge is 2.19. The Balaban J connectivity index is 2.43. The molecule has 1 heterocycles. The van der Waals surface area contributed by atoms with Gasteiger partial charge in [-0.1, -0.05) is 22.9 Å². The van der Waals surface area contributed by atoms with Gasteiger partial charge in [0.05, 0.1) is 20.3 Å². The second-order valence-electron chi connectivity index (χ2n) is 4.07. The first kappa shape index (κ1) is 13.6. The third-order valence-corrected chi connectivity index (χ3v) is 3.66. The van der Waals surface area contributed by atoms with Crippen molar-refractivity contribution in [1.82, 2.24) is 5.48 Å². The number of hydroxylamine groups is 1. The third kappa shape index (κ3) is 2.79. The van der Waals surface area contributed by atoms with Crippen molar-refractivity contribution >= 4 is 15.9 Å². The Labute approximate surface area is 116 Å². The van der Waals surface area contributed by atoms with Crippen molar-refractivity contribution in [2.75, 3.05) is 20.3 Å². The molecule has 0 atom stereocenters. The Bertz CT molecular complexity index is 423. The van der Waals surface area contributed by atoms with E-state index in [1.807, 2.05) is 6.07 Å². The van der Waals surface area contributed by atoms with Crippen molar-refractivity contribution in [1.29, 1.82) is 0 Å². The highest BCUT2D eigenvalue weighted by Crippen LogP contribution is 2.40. The summed E-state index contributed by atoms with van der Waals surface area (Å²) < 4.78 is 12.6. The van der Waals surface area contributed by atoms with E-state index >= 15 is 0 Å². The molecule has 1 aromatic rings. The van der Waals surface area contributed by atoms with Gasteiger partial charge in [0.25, 0.3) is 0 Å². The summed E-state index contributed by atoms with van der Waals surface area (Å²) in [5.74, 6) is 1.71. The smallest absolute Gasteiger partial charge is 0.164 e. The van der Waals surface area contributed by atoms with Crippen LogP contribution in [0.2, 0.25) is 0 Å². The van der Waals surface area contributed by atoms with Gasteiger partial charge in [-0.2, -0.15) is 5.48 Å². The molecule has 0 radical (unpaired) electrons. The third-order valence-electron chi connectivity index (χ3n) is 2.95. The maximum atomic E-state index is 5.83. The molecule has 0 saturated carbocycles. The van der Waals surface area contributed by atoms with Gasteiger partial charge < -0.3 is 14.3 Å². The van der Waals surface area contributed by atoms with Crippen LogP contribution in [0.1, 0.15) is 24.5 Å². The van der Waals surface area contributed by atoms with Crippen LogP contribution in [0.5, 0.6) is 11.5 Å². The average molecular weight is 316 g/mol. The molecule has 1 N–H and O–H groups in total. The largest absolute Gasteiger partial charge is 0.490 e. The summed E-state index contributed by atoms with van der Waals surface area (Å²) in [6.07, 6.45) is 1.81. The van der Waals surface area contributed by atoms with Crippen molar-refractivity contribution < 1.29 is 14.3 Å². The summed E-state index contributed by atoms with van der Waals surface area (Å²) in [5, 5.41) is 0. The standard InChI is InChI=1S/C13H18BrNO3/c1-3-9-10(8-15-16-2)11(14)7-12-13(9)18-6-4-5-17-12/h7,15H,3-6,8H2,1-2H3. The lowest BCUT2D eigenvalue weighted by Gasteiger charge is -2.17. The first-order valence-electron chi connectivity index (χ1n) is 6.13. The molecule has 0 amide bonds. The summed E-state index contributed by atoms with van der Waals surface area (Å²) in [7, 11) is 1.61. The first-order valence-corrected chi connectivity index (χ1v) is 6.93. The summed E-state index contributed by atoms with van der Waals surface area (Å²) in [6.45, 7) is 4.17.